The van der Waals surface area contributed by atoms with Gasteiger partial charge in [-0.25, -0.2) is 9.78 Å². The molecule has 1 saturated carbocycles. The minimum Gasteiger partial charge on any atom is -0.335 e. The van der Waals surface area contributed by atoms with Crippen molar-refractivity contribution in [2.24, 2.45) is 0 Å². The molecule has 0 atom stereocenters. The Bertz CT molecular complexity index is 868. The molecule has 2 N–H and O–H groups in total. The van der Waals surface area contributed by atoms with Gasteiger partial charge in [0.25, 0.3) is 5.56 Å². The Morgan fingerprint density at radius 2 is 2.00 bits per heavy atom. The molecule has 1 aliphatic heterocycles. The maximum atomic E-state index is 12.7. The van der Waals surface area contributed by atoms with Crippen molar-refractivity contribution >= 4 is 16.9 Å². The van der Waals surface area contributed by atoms with E-state index in [1.165, 1.54) is 12.8 Å². The van der Waals surface area contributed by atoms with Crippen LogP contribution >= 0.6 is 0 Å². The number of H-pyrrole nitrogens is 1. The van der Waals surface area contributed by atoms with Crippen LogP contribution in [0.3, 0.4) is 0 Å². The number of benzene rings is 1. The van der Waals surface area contributed by atoms with E-state index in [4.69, 9.17) is 0 Å². The third-order valence-electron chi connectivity index (χ3n) is 5.59. The molecule has 27 heavy (non-hydrogen) atoms. The van der Waals surface area contributed by atoms with Crippen molar-refractivity contribution in [3.05, 3.63) is 40.4 Å². The molecule has 1 aromatic heterocycles. The molecular weight excluding hydrogens is 342 g/mol. The average molecular weight is 369 g/mol. The van der Waals surface area contributed by atoms with E-state index < -0.39 is 0 Å². The van der Waals surface area contributed by atoms with Crippen molar-refractivity contribution in [3.8, 4) is 0 Å². The molecule has 7 heteroatoms. The molecule has 2 heterocycles. The third-order valence-corrected chi connectivity index (χ3v) is 5.59. The second-order valence-electron chi connectivity index (χ2n) is 7.53. The number of carbonyl (C=O) groups is 1. The number of carbonyl (C=O) groups excluding carboxylic acids is 1. The van der Waals surface area contributed by atoms with Crippen LogP contribution in [0.1, 0.15) is 38.4 Å². The van der Waals surface area contributed by atoms with Gasteiger partial charge in [0.15, 0.2) is 0 Å². The first kappa shape index (κ1) is 18.0. The van der Waals surface area contributed by atoms with Gasteiger partial charge in [-0.15, -0.1) is 0 Å². The Balaban J connectivity index is 1.38. The first-order valence-corrected chi connectivity index (χ1v) is 9.91. The highest BCUT2D eigenvalue weighted by Gasteiger charge is 2.32. The lowest BCUT2D eigenvalue weighted by Crippen LogP contribution is -2.49. The predicted octanol–water partition coefficient (Wildman–Crippen LogP) is 2.08. The lowest BCUT2D eigenvalue weighted by Gasteiger charge is -2.33. The molecule has 0 spiro atoms. The Morgan fingerprint density at radius 1 is 1.26 bits per heavy atom. The summed E-state index contributed by atoms with van der Waals surface area (Å²) in [6.45, 7) is 4.93. The highest BCUT2D eigenvalue weighted by atomic mass is 16.2. The van der Waals surface area contributed by atoms with Crippen LogP contribution in [0, 0.1) is 0 Å². The van der Waals surface area contributed by atoms with Gasteiger partial charge in [-0.2, -0.15) is 0 Å². The maximum Gasteiger partial charge on any atom is 0.318 e. The SMILES string of the molecule is CCN(Cc1nc2ccccc2c(=O)[nH]1)C(=O)NC1CCN(C2CC2)CC1. The summed E-state index contributed by atoms with van der Waals surface area (Å²) in [7, 11) is 0. The van der Waals surface area contributed by atoms with Crippen LogP contribution in [0.15, 0.2) is 29.1 Å². The summed E-state index contributed by atoms with van der Waals surface area (Å²) in [5, 5.41) is 3.73. The summed E-state index contributed by atoms with van der Waals surface area (Å²) in [5.41, 5.74) is 0.486. The number of piperidine rings is 1. The smallest absolute Gasteiger partial charge is 0.318 e. The number of fused-ring (bicyclic) bond motifs is 1. The molecule has 0 radical (unpaired) electrons. The Kier molecular flexibility index (Phi) is 5.11. The van der Waals surface area contributed by atoms with Crippen LogP contribution in [-0.2, 0) is 6.54 Å². The number of likely N-dealkylation sites (tertiary alicyclic amines) is 1. The molecule has 0 unspecified atom stereocenters. The normalized spacial score (nSPS) is 18.6. The van der Waals surface area contributed by atoms with Gasteiger partial charge in [0.1, 0.15) is 5.82 Å². The molecule has 2 aromatic rings. The fourth-order valence-electron chi connectivity index (χ4n) is 3.83. The number of hydrogen-bond donors (Lipinski definition) is 2. The van der Waals surface area contributed by atoms with E-state index in [1.54, 1.807) is 11.0 Å². The number of urea groups is 1. The Labute approximate surface area is 158 Å². The summed E-state index contributed by atoms with van der Waals surface area (Å²) in [6, 6.07) is 8.19. The number of rotatable bonds is 5. The van der Waals surface area contributed by atoms with E-state index in [0.717, 1.165) is 32.0 Å². The second kappa shape index (κ2) is 7.68. The molecule has 2 fully saturated rings. The average Bonchev–Trinajstić information content (AvgIpc) is 3.52. The summed E-state index contributed by atoms with van der Waals surface area (Å²) in [5.74, 6) is 0.513. The predicted molar refractivity (Wildman–Crippen MR) is 105 cm³/mol. The quantitative estimate of drug-likeness (QED) is 0.846. The largest absolute Gasteiger partial charge is 0.335 e. The van der Waals surface area contributed by atoms with Gasteiger partial charge in [-0.05, 0) is 44.7 Å². The lowest BCUT2D eigenvalue weighted by atomic mass is 10.1. The molecule has 144 valence electrons. The molecule has 2 aliphatic rings. The van der Waals surface area contributed by atoms with Gasteiger partial charge in [0.2, 0.25) is 0 Å². The molecule has 1 saturated heterocycles. The third kappa shape index (κ3) is 4.13. The number of hydrogen-bond acceptors (Lipinski definition) is 4. The van der Waals surface area contributed by atoms with Crippen molar-refractivity contribution in [3.63, 3.8) is 0 Å². The molecule has 0 bridgehead atoms. The maximum absolute atomic E-state index is 12.7. The molecular formula is C20H27N5O2. The van der Waals surface area contributed by atoms with Crippen molar-refractivity contribution < 1.29 is 4.79 Å². The van der Waals surface area contributed by atoms with E-state index >= 15 is 0 Å². The fourth-order valence-corrected chi connectivity index (χ4v) is 3.83. The summed E-state index contributed by atoms with van der Waals surface area (Å²) in [6.07, 6.45) is 4.67. The molecule has 2 amide bonds. The topological polar surface area (TPSA) is 81.3 Å². The van der Waals surface area contributed by atoms with Gasteiger partial charge in [0, 0.05) is 31.7 Å². The Morgan fingerprint density at radius 3 is 2.70 bits per heavy atom. The van der Waals surface area contributed by atoms with Crippen molar-refractivity contribution in [1.82, 2.24) is 25.1 Å². The zero-order valence-corrected chi connectivity index (χ0v) is 15.8. The number of nitrogens with zero attached hydrogens (tertiary/aromatic N) is 3. The molecule has 4 rings (SSSR count). The zero-order valence-electron chi connectivity index (χ0n) is 15.8. The highest BCUT2D eigenvalue weighted by molar-refractivity contribution is 5.77. The summed E-state index contributed by atoms with van der Waals surface area (Å²) in [4.78, 5) is 36.5. The molecule has 7 nitrogen and oxygen atoms in total. The van der Waals surface area contributed by atoms with Gasteiger partial charge in [-0.3, -0.25) is 4.79 Å². The van der Waals surface area contributed by atoms with Crippen molar-refractivity contribution in [1.29, 1.82) is 0 Å². The summed E-state index contributed by atoms with van der Waals surface area (Å²) >= 11 is 0. The Hall–Kier alpha value is -2.41. The second-order valence-corrected chi connectivity index (χ2v) is 7.53. The van der Waals surface area contributed by atoms with Crippen LogP contribution < -0.4 is 10.9 Å². The zero-order chi connectivity index (χ0) is 18.8. The van der Waals surface area contributed by atoms with Crippen LogP contribution in [0.25, 0.3) is 10.9 Å². The van der Waals surface area contributed by atoms with Gasteiger partial charge < -0.3 is 20.1 Å². The van der Waals surface area contributed by atoms with Gasteiger partial charge in [-0.1, -0.05) is 12.1 Å². The van der Waals surface area contributed by atoms with Crippen LogP contribution in [0.4, 0.5) is 4.79 Å². The van der Waals surface area contributed by atoms with E-state index in [9.17, 15) is 9.59 Å². The first-order chi connectivity index (χ1) is 13.1. The number of aromatic amines is 1. The van der Waals surface area contributed by atoms with Crippen molar-refractivity contribution in [2.45, 2.75) is 51.2 Å². The minimum atomic E-state index is -0.167. The number of nitrogens with one attached hydrogen (secondary N) is 2. The van der Waals surface area contributed by atoms with Crippen molar-refractivity contribution in [2.75, 3.05) is 19.6 Å². The van der Waals surface area contributed by atoms with E-state index in [0.29, 0.717) is 29.8 Å². The number of para-hydroxylation sites is 1. The monoisotopic (exact) mass is 369 g/mol. The van der Waals surface area contributed by atoms with E-state index in [1.807, 2.05) is 25.1 Å². The standard InChI is InChI=1S/C20H27N5O2/c1-2-24(13-18-22-17-6-4-3-5-16(17)19(26)23-18)20(27)21-14-9-11-25(12-10-14)15-7-8-15/h3-6,14-15H,2,7-13H2,1H3,(H,21,27)(H,22,23,26). The highest BCUT2D eigenvalue weighted by Crippen LogP contribution is 2.29. The van der Waals surface area contributed by atoms with Gasteiger partial charge in [0.05, 0.1) is 17.4 Å². The van der Waals surface area contributed by atoms with Crippen LogP contribution in [-0.4, -0.2) is 57.5 Å². The van der Waals surface area contributed by atoms with Crippen LogP contribution in [0.2, 0.25) is 0 Å². The number of aromatic nitrogens is 2. The van der Waals surface area contributed by atoms with E-state index in [2.05, 4.69) is 20.2 Å². The minimum absolute atomic E-state index is 0.0850. The lowest BCUT2D eigenvalue weighted by molar-refractivity contribution is 0.167. The van der Waals surface area contributed by atoms with Crippen LogP contribution in [0.5, 0.6) is 0 Å². The molecule has 1 aromatic carbocycles. The van der Waals surface area contributed by atoms with E-state index in [-0.39, 0.29) is 17.6 Å². The first-order valence-electron chi connectivity index (χ1n) is 9.91. The fraction of sp³-hybridized carbons (Fsp3) is 0.550. The molecule has 1 aliphatic carbocycles. The van der Waals surface area contributed by atoms with Gasteiger partial charge >= 0.3 is 6.03 Å². The summed E-state index contributed by atoms with van der Waals surface area (Å²) < 4.78 is 0. The number of amides is 2.